The fraction of sp³-hybridized carbons (Fsp3) is 0.619. The van der Waals surface area contributed by atoms with Gasteiger partial charge in [0.05, 0.1) is 18.0 Å². The predicted molar refractivity (Wildman–Crippen MR) is 316 cm³/mol. The molecule has 7 rings (SSSR count). The fourth-order valence-corrected chi connectivity index (χ4v) is 18.3. The van der Waals surface area contributed by atoms with Crippen LogP contribution >= 0.6 is 0 Å². The number of amides is 4. The van der Waals surface area contributed by atoms with Crippen molar-refractivity contribution in [2.24, 2.45) is 11.3 Å². The topological polar surface area (TPSA) is 165 Å². The van der Waals surface area contributed by atoms with Crippen LogP contribution in [0, 0.1) is 11.3 Å². The molecule has 16 heteroatoms. The van der Waals surface area contributed by atoms with Gasteiger partial charge in [0.25, 0.3) is 14.2 Å². The fourth-order valence-electron chi connectivity index (χ4n) is 13.1. The van der Waals surface area contributed by atoms with Crippen molar-refractivity contribution in [3.63, 3.8) is 0 Å². The molecule has 0 radical (unpaired) electrons. The Morgan fingerprint density at radius 3 is 2.23 bits per heavy atom. The molecule has 0 unspecified atom stereocenters. The highest BCUT2D eigenvalue weighted by atomic mass is 28.4. The van der Waals surface area contributed by atoms with E-state index in [-0.39, 0.29) is 47.5 Å². The monoisotopic (exact) mass is 1100 g/mol. The first-order chi connectivity index (χ1) is 37.0. The smallest absolute Gasteiger partial charge is 0.411 e. The summed E-state index contributed by atoms with van der Waals surface area (Å²) < 4.78 is 21.9. The SMILES string of the molecule is CCn1c(-c2cccnc2C(C)C)c2c3cc(ccc31)-c1cc(cc(O[Si](C(C)C)(C(C)C)C(C)C)c1)C[C@H](NC(=O)[C@H](C(C)C)N(C)C(=O)[C@H]1CC[C@@H](C)N1C(=O)OC(C)(C)C)C(=O)N1CCC[C@H](N1)C(=O)OCC(C)(C)C2. The number of hydrazine groups is 1. The Balaban J connectivity index is 1.41. The van der Waals surface area contributed by atoms with Gasteiger partial charge < -0.3 is 28.7 Å². The first kappa shape index (κ1) is 60.9. The number of benzene rings is 2. The Bertz CT molecular complexity index is 2860. The van der Waals surface area contributed by atoms with Crippen molar-refractivity contribution in [1.82, 2.24) is 35.1 Å². The summed E-state index contributed by atoms with van der Waals surface area (Å²) >= 11 is 0. The molecule has 15 nitrogen and oxygen atoms in total. The Kier molecular flexibility index (Phi) is 18.6. The molecule has 2 fully saturated rings. The first-order valence-corrected chi connectivity index (χ1v) is 31.4. The molecule has 0 aliphatic carbocycles. The largest absolute Gasteiger partial charge is 0.543 e. The van der Waals surface area contributed by atoms with Crippen molar-refractivity contribution in [3.8, 4) is 28.1 Å². The Morgan fingerprint density at radius 1 is 0.924 bits per heavy atom. The predicted octanol–water partition coefficient (Wildman–Crippen LogP) is 12.0. The molecule has 432 valence electrons. The quantitative estimate of drug-likeness (QED) is 0.0972. The molecular formula is C63H93N7O8Si. The van der Waals surface area contributed by atoms with E-state index in [0.717, 1.165) is 50.1 Å². The molecule has 4 amide bonds. The summed E-state index contributed by atoms with van der Waals surface area (Å²) in [7, 11) is -0.955. The molecule has 5 atom stereocenters. The zero-order valence-electron chi connectivity index (χ0n) is 50.8. The van der Waals surface area contributed by atoms with Crippen molar-refractivity contribution in [2.75, 3.05) is 20.2 Å². The summed E-state index contributed by atoms with van der Waals surface area (Å²) in [6.45, 7) is 36.5. The lowest BCUT2D eigenvalue weighted by molar-refractivity contribution is -0.155. The van der Waals surface area contributed by atoms with Crippen molar-refractivity contribution >= 4 is 49.0 Å². The van der Waals surface area contributed by atoms with E-state index >= 15 is 9.59 Å². The van der Waals surface area contributed by atoms with Gasteiger partial charge in [-0.2, -0.15) is 0 Å². The van der Waals surface area contributed by atoms with Crippen molar-refractivity contribution in [2.45, 2.75) is 221 Å². The molecule has 0 saturated carbocycles. The summed E-state index contributed by atoms with van der Waals surface area (Å²) in [4.78, 5) is 80.9. The number of nitrogens with zero attached hydrogens (tertiary/aromatic N) is 5. The third-order valence-corrected chi connectivity index (χ3v) is 22.7. The molecule has 4 aromatic rings. The van der Waals surface area contributed by atoms with Crippen LogP contribution in [0.15, 0.2) is 54.7 Å². The Labute approximate surface area is 472 Å². The van der Waals surface area contributed by atoms with Gasteiger partial charge in [-0.25, -0.2) is 10.2 Å². The molecule has 2 saturated heterocycles. The molecule has 79 heavy (non-hydrogen) atoms. The summed E-state index contributed by atoms with van der Waals surface area (Å²) in [5, 5.41) is 5.71. The van der Waals surface area contributed by atoms with Crippen molar-refractivity contribution in [3.05, 3.63) is 71.5 Å². The van der Waals surface area contributed by atoms with Gasteiger partial charge in [-0.3, -0.25) is 34.1 Å². The van der Waals surface area contributed by atoms with E-state index in [9.17, 15) is 14.4 Å². The average molecular weight is 1100 g/mol. The summed E-state index contributed by atoms with van der Waals surface area (Å²) in [6, 6.07) is 13.0. The number of aryl methyl sites for hydroxylation is 1. The van der Waals surface area contributed by atoms with Crippen LogP contribution < -0.4 is 15.2 Å². The molecule has 2 N–H and O–H groups in total. The van der Waals surface area contributed by atoms with Crippen LogP contribution in [0.4, 0.5) is 4.79 Å². The molecule has 2 aromatic carbocycles. The van der Waals surface area contributed by atoms with Crippen LogP contribution in [-0.4, -0.2) is 118 Å². The molecule has 3 aliphatic heterocycles. The van der Waals surface area contributed by atoms with E-state index < -0.39 is 73.3 Å². The minimum absolute atomic E-state index is 0.0632. The number of rotatable bonds is 13. The van der Waals surface area contributed by atoms with Gasteiger partial charge >= 0.3 is 12.1 Å². The van der Waals surface area contributed by atoms with Crippen molar-refractivity contribution in [1.29, 1.82) is 0 Å². The van der Waals surface area contributed by atoms with Gasteiger partial charge in [-0.1, -0.05) is 95.2 Å². The third kappa shape index (κ3) is 12.9. The van der Waals surface area contributed by atoms with Crippen LogP contribution in [0.2, 0.25) is 16.6 Å². The van der Waals surface area contributed by atoms with E-state index in [4.69, 9.17) is 18.9 Å². The second kappa shape index (κ2) is 24.1. The number of hydrogen-bond donors (Lipinski definition) is 2. The standard InChI is InChI=1S/C63H93N7O8Si/c1-19-68-52-27-25-44-34-48(52)49(56(68)47-22-20-28-64-54(47)37(2)3)35-63(16,17)36-76-60(74)50-23-21-29-69(66-50)58(72)51(32-43-30-45(44)33-46(31-43)78-79(39(6)7,40(8)9)41(10)11)65-57(71)55(38(4)5)67(18)59(73)53-26-24-42(12)70(53)61(75)77-62(13,14)15/h20,22,25,27-28,30-31,33-34,37-42,50-51,53,55,66H,19,21,23-24,26,29,32,35-36H2,1-18H3,(H,65,71)/t42-,50+,51+,53-,55+/m1/s1. The van der Waals surface area contributed by atoms with Gasteiger partial charge in [-0.05, 0) is 154 Å². The summed E-state index contributed by atoms with van der Waals surface area (Å²) in [6.07, 6.45) is 3.93. The molecule has 0 spiro atoms. The molecule has 2 aromatic heterocycles. The zero-order valence-corrected chi connectivity index (χ0v) is 51.8. The lowest BCUT2D eigenvalue weighted by atomic mass is 9.83. The minimum atomic E-state index is -2.55. The maximum Gasteiger partial charge on any atom is 0.411 e. The van der Waals surface area contributed by atoms with Gasteiger partial charge in [0.2, 0.25) is 11.8 Å². The second-order valence-electron chi connectivity index (χ2n) is 26.2. The number of likely N-dealkylation sites (tertiary alicyclic amines) is 1. The number of cyclic esters (lactones) is 1. The number of aromatic nitrogens is 2. The van der Waals surface area contributed by atoms with E-state index in [1.54, 1.807) is 27.8 Å². The van der Waals surface area contributed by atoms with Gasteiger partial charge in [0.1, 0.15) is 35.5 Å². The van der Waals surface area contributed by atoms with Crippen LogP contribution in [0.3, 0.4) is 0 Å². The Hall–Kier alpha value is -5.74. The van der Waals surface area contributed by atoms with Crippen LogP contribution in [0.1, 0.15) is 166 Å². The van der Waals surface area contributed by atoms with Crippen molar-refractivity contribution < 1.29 is 37.9 Å². The average Bonchev–Trinajstić information content (AvgIpc) is 4.09. The number of fused-ring (bicyclic) bond motifs is 6. The number of nitrogens with one attached hydrogen (secondary N) is 2. The minimum Gasteiger partial charge on any atom is -0.543 e. The second-order valence-corrected chi connectivity index (χ2v) is 31.6. The lowest BCUT2D eigenvalue weighted by Crippen LogP contribution is -2.62. The normalized spacial score (nSPS) is 20.7. The molecule has 5 heterocycles. The van der Waals surface area contributed by atoms with Crippen LogP contribution in [-0.2, 0) is 48.0 Å². The number of esters is 1. The van der Waals surface area contributed by atoms with E-state index in [1.807, 2.05) is 39.1 Å². The number of likely N-dealkylation sites (N-methyl/N-ethyl adjacent to an activating group) is 1. The molecule has 3 aliphatic rings. The summed E-state index contributed by atoms with van der Waals surface area (Å²) in [5.41, 5.74) is 10.8. The maximum absolute atomic E-state index is 15.4. The van der Waals surface area contributed by atoms with Gasteiger partial charge in [0.15, 0.2) is 0 Å². The highest BCUT2D eigenvalue weighted by Gasteiger charge is 2.48. The van der Waals surface area contributed by atoms with Crippen LogP contribution in [0.5, 0.6) is 5.75 Å². The lowest BCUT2D eigenvalue weighted by Gasteiger charge is -2.42. The maximum atomic E-state index is 15.4. The molecular weight excluding hydrogens is 1010 g/mol. The Morgan fingerprint density at radius 2 is 1.61 bits per heavy atom. The number of hydrogen-bond acceptors (Lipinski definition) is 10. The van der Waals surface area contributed by atoms with E-state index in [2.05, 4.69) is 128 Å². The highest BCUT2D eigenvalue weighted by Crippen LogP contribution is 2.45. The van der Waals surface area contributed by atoms with E-state index in [1.165, 1.54) is 14.8 Å². The third-order valence-electron chi connectivity index (χ3n) is 16.7. The molecule has 6 bridgehead atoms. The van der Waals surface area contributed by atoms with Gasteiger partial charge in [0, 0.05) is 60.7 Å². The van der Waals surface area contributed by atoms with E-state index in [0.29, 0.717) is 50.9 Å². The number of carbonyl (C=O) groups excluding carboxylic acids is 5. The number of ether oxygens (including phenoxy) is 2. The highest BCUT2D eigenvalue weighted by molar-refractivity contribution is 6.78. The number of pyridine rings is 1. The zero-order chi connectivity index (χ0) is 58.2. The van der Waals surface area contributed by atoms with Crippen LogP contribution in [0.25, 0.3) is 33.3 Å². The first-order valence-electron chi connectivity index (χ1n) is 29.3. The van der Waals surface area contributed by atoms with Gasteiger partial charge in [-0.15, -0.1) is 0 Å². The number of carbonyl (C=O) groups is 5. The summed E-state index contributed by atoms with van der Waals surface area (Å²) in [5.74, 6) is -1.30.